The van der Waals surface area contributed by atoms with Gasteiger partial charge < -0.3 is 23.5 Å². The average molecular weight is 480 g/mol. The van der Waals surface area contributed by atoms with Crippen molar-refractivity contribution in [2.75, 3.05) is 20.3 Å². The van der Waals surface area contributed by atoms with E-state index >= 15 is 0 Å². The molecule has 1 atom stereocenters. The summed E-state index contributed by atoms with van der Waals surface area (Å²) in [7, 11) is 1.33. The van der Waals surface area contributed by atoms with E-state index in [1.807, 2.05) is 42.7 Å². The summed E-state index contributed by atoms with van der Waals surface area (Å²) in [5.74, 6) is 0.198. The number of fused-ring (bicyclic) bond motifs is 1. The number of rotatable bonds is 8. The zero-order valence-electron chi connectivity index (χ0n) is 19.5. The largest absolute Gasteiger partial charge is 0.496 e. The van der Waals surface area contributed by atoms with Crippen molar-refractivity contribution in [1.82, 2.24) is 4.57 Å². The van der Waals surface area contributed by atoms with Gasteiger partial charge in [-0.3, -0.25) is 14.9 Å². The van der Waals surface area contributed by atoms with Gasteiger partial charge in [-0.1, -0.05) is 12.1 Å². The number of non-ortho nitro benzene ring substituents is 1. The Morgan fingerprint density at radius 1 is 1.11 bits per heavy atom. The van der Waals surface area contributed by atoms with E-state index in [2.05, 4.69) is 0 Å². The molecule has 1 unspecified atom stereocenters. The van der Waals surface area contributed by atoms with E-state index in [4.69, 9.17) is 18.9 Å². The highest BCUT2D eigenvalue weighted by Gasteiger charge is 2.25. The first kappa shape index (κ1) is 23.8. The van der Waals surface area contributed by atoms with E-state index in [-0.39, 0.29) is 23.1 Å². The summed E-state index contributed by atoms with van der Waals surface area (Å²) < 4.78 is 24.0. The molecule has 0 fully saturated rings. The standard InChI is InChI=1S/C25H24N2O8/c1-15-10-19(16(2)26(15)12-18-13-33-23-6-4-5-7-24(23)35-18)21(28)14-34-25(29)20-11-17(27(30)31)8-9-22(20)32-3/h4-11,18H,12-14H2,1-3H3. The molecule has 0 saturated carbocycles. The molecular weight excluding hydrogens is 456 g/mol. The molecule has 0 bridgehead atoms. The van der Waals surface area contributed by atoms with Crippen LogP contribution in [-0.2, 0) is 11.3 Å². The number of aryl methyl sites for hydroxylation is 1. The molecule has 1 aliphatic heterocycles. The van der Waals surface area contributed by atoms with Crippen LogP contribution >= 0.6 is 0 Å². The Balaban J connectivity index is 1.44. The number of nitro benzene ring substituents is 1. The van der Waals surface area contributed by atoms with Gasteiger partial charge in [0, 0.05) is 29.1 Å². The summed E-state index contributed by atoms with van der Waals surface area (Å²) in [5, 5.41) is 11.0. The van der Waals surface area contributed by atoms with Crippen LogP contribution in [0.5, 0.6) is 17.2 Å². The number of Topliss-reactive ketones (excluding diaryl/α,β-unsaturated/α-hetero) is 1. The van der Waals surface area contributed by atoms with Crippen LogP contribution in [0.15, 0.2) is 48.5 Å². The number of carbonyl (C=O) groups excluding carboxylic acids is 2. The molecule has 10 heteroatoms. The third kappa shape index (κ3) is 4.96. The van der Waals surface area contributed by atoms with Crippen LogP contribution in [0, 0.1) is 24.0 Å². The minimum atomic E-state index is -0.890. The molecule has 0 aliphatic carbocycles. The van der Waals surface area contributed by atoms with Gasteiger partial charge in [0.05, 0.1) is 18.6 Å². The first-order valence-corrected chi connectivity index (χ1v) is 10.9. The van der Waals surface area contributed by atoms with Gasteiger partial charge in [-0.2, -0.15) is 0 Å². The third-order valence-electron chi connectivity index (χ3n) is 5.78. The first-order chi connectivity index (χ1) is 16.8. The fourth-order valence-corrected chi connectivity index (χ4v) is 3.98. The molecule has 0 N–H and O–H groups in total. The zero-order chi connectivity index (χ0) is 25.1. The van der Waals surface area contributed by atoms with Gasteiger partial charge in [0.15, 0.2) is 24.2 Å². The highest BCUT2D eigenvalue weighted by atomic mass is 16.6. The quantitative estimate of drug-likeness (QED) is 0.206. The van der Waals surface area contributed by atoms with Crippen molar-refractivity contribution in [3.8, 4) is 17.2 Å². The Bertz CT molecular complexity index is 1300. The molecule has 0 radical (unpaired) electrons. The maximum Gasteiger partial charge on any atom is 0.342 e. The lowest BCUT2D eigenvalue weighted by Gasteiger charge is -2.27. The normalized spacial score (nSPS) is 14.3. The van der Waals surface area contributed by atoms with Crippen LogP contribution in [-0.4, -0.2) is 47.7 Å². The number of hydrogen-bond acceptors (Lipinski definition) is 8. The smallest absolute Gasteiger partial charge is 0.342 e. The molecule has 0 saturated heterocycles. The zero-order valence-corrected chi connectivity index (χ0v) is 19.5. The maximum atomic E-state index is 12.9. The minimum Gasteiger partial charge on any atom is -0.496 e. The summed E-state index contributed by atoms with van der Waals surface area (Å²) >= 11 is 0. The molecule has 3 aromatic rings. The van der Waals surface area contributed by atoms with Crippen LogP contribution in [0.4, 0.5) is 5.69 Å². The number of methoxy groups -OCH3 is 1. The van der Waals surface area contributed by atoms with Crippen molar-refractivity contribution >= 4 is 17.4 Å². The summed E-state index contributed by atoms with van der Waals surface area (Å²) in [6, 6.07) is 12.8. The maximum absolute atomic E-state index is 12.9. The molecule has 1 aliphatic rings. The Kier molecular flexibility index (Phi) is 6.72. The highest BCUT2D eigenvalue weighted by molar-refractivity contribution is 6.01. The summed E-state index contributed by atoms with van der Waals surface area (Å²) in [5.41, 5.74) is 1.55. The number of nitrogens with zero attached hydrogens (tertiary/aromatic N) is 2. The van der Waals surface area contributed by atoms with Gasteiger partial charge in [0.1, 0.15) is 17.9 Å². The number of esters is 1. The van der Waals surface area contributed by atoms with Gasteiger partial charge >= 0.3 is 5.97 Å². The van der Waals surface area contributed by atoms with Gasteiger partial charge in [-0.15, -0.1) is 0 Å². The van der Waals surface area contributed by atoms with E-state index in [0.29, 0.717) is 35.9 Å². The van der Waals surface area contributed by atoms with Crippen molar-refractivity contribution in [3.63, 3.8) is 0 Å². The SMILES string of the molecule is COc1ccc([N+](=O)[O-])cc1C(=O)OCC(=O)c1cc(C)n(CC2COc3ccccc3O2)c1C. The molecule has 1 aromatic heterocycles. The predicted octanol–water partition coefficient (Wildman–Crippen LogP) is 3.90. The average Bonchev–Trinajstić information content (AvgIpc) is 3.14. The van der Waals surface area contributed by atoms with Gasteiger partial charge in [0.2, 0.25) is 5.78 Å². The minimum absolute atomic E-state index is 0.113. The number of nitro groups is 1. The molecule has 35 heavy (non-hydrogen) atoms. The van der Waals surface area contributed by atoms with Crippen LogP contribution in [0.3, 0.4) is 0 Å². The molecule has 0 spiro atoms. The summed E-state index contributed by atoms with van der Waals surface area (Å²) in [6.07, 6.45) is -0.239. The van der Waals surface area contributed by atoms with Gasteiger partial charge in [0.25, 0.3) is 5.69 Å². The second kappa shape index (κ2) is 9.88. The molecule has 2 heterocycles. The van der Waals surface area contributed by atoms with Crippen molar-refractivity contribution in [1.29, 1.82) is 0 Å². The summed E-state index contributed by atoms with van der Waals surface area (Å²) in [6.45, 7) is 4.01. The highest BCUT2D eigenvalue weighted by Crippen LogP contribution is 2.32. The van der Waals surface area contributed by atoms with E-state index in [1.54, 1.807) is 6.07 Å². The molecule has 4 rings (SSSR count). The number of carbonyl (C=O) groups is 2. The van der Waals surface area contributed by atoms with Crippen LogP contribution in [0.2, 0.25) is 0 Å². The van der Waals surface area contributed by atoms with Crippen molar-refractivity contribution in [2.24, 2.45) is 0 Å². The van der Waals surface area contributed by atoms with E-state index < -0.39 is 23.3 Å². The second-order valence-electron chi connectivity index (χ2n) is 8.03. The van der Waals surface area contributed by atoms with Crippen molar-refractivity contribution in [2.45, 2.75) is 26.5 Å². The summed E-state index contributed by atoms with van der Waals surface area (Å²) in [4.78, 5) is 35.8. The Hall–Kier alpha value is -4.34. The molecule has 10 nitrogen and oxygen atoms in total. The lowest BCUT2D eigenvalue weighted by atomic mass is 10.1. The third-order valence-corrected chi connectivity index (χ3v) is 5.78. The molecule has 0 amide bonds. The monoisotopic (exact) mass is 480 g/mol. The second-order valence-corrected chi connectivity index (χ2v) is 8.03. The molecule has 2 aromatic carbocycles. The number of ketones is 1. The number of para-hydroxylation sites is 2. The number of benzene rings is 2. The topological polar surface area (TPSA) is 119 Å². The predicted molar refractivity (Wildman–Crippen MR) is 125 cm³/mol. The van der Waals surface area contributed by atoms with Crippen LogP contribution in [0.1, 0.15) is 32.1 Å². The first-order valence-electron chi connectivity index (χ1n) is 10.9. The van der Waals surface area contributed by atoms with E-state index in [1.165, 1.54) is 19.2 Å². The van der Waals surface area contributed by atoms with Crippen LogP contribution < -0.4 is 14.2 Å². The Morgan fingerprint density at radius 3 is 2.57 bits per heavy atom. The molecule has 182 valence electrons. The molecular formula is C25H24N2O8. The van der Waals surface area contributed by atoms with Gasteiger partial charge in [-0.25, -0.2) is 4.79 Å². The lowest BCUT2D eigenvalue weighted by Crippen LogP contribution is -2.33. The number of hydrogen-bond donors (Lipinski definition) is 0. The van der Waals surface area contributed by atoms with Crippen molar-refractivity contribution in [3.05, 3.63) is 81.2 Å². The number of aromatic nitrogens is 1. The van der Waals surface area contributed by atoms with E-state index in [9.17, 15) is 19.7 Å². The fraction of sp³-hybridized carbons (Fsp3) is 0.280. The Labute approximate surface area is 201 Å². The number of ether oxygens (including phenoxy) is 4. The van der Waals surface area contributed by atoms with Crippen molar-refractivity contribution < 1.29 is 33.5 Å². The fourth-order valence-electron chi connectivity index (χ4n) is 3.98. The van der Waals surface area contributed by atoms with E-state index in [0.717, 1.165) is 11.8 Å². The Morgan fingerprint density at radius 2 is 1.86 bits per heavy atom. The lowest BCUT2D eigenvalue weighted by molar-refractivity contribution is -0.384. The van der Waals surface area contributed by atoms with Gasteiger partial charge in [-0.05, 0) is 38.1 Å². The van der Waals surface area contributed by atoms with Crippen LogP contribution in [0.25, 0.3) is 0 Å².